The van der Waals surface area contributed by atoms with Crippen LogP contribution < -0.4 is 10.6 Å². The summed E-state index contributed by atoms with van der Waals surface area (Å²) in [6.45, 7) is 4.49. The number of carbonyl (C=O) groups excluding carboxylic acids is 1. The maximum Gasteiger partial charge on any atom is 0.244 e. The molecule has 2 N–H and O–H groups in total. The van der Waals surface area contributed by atoms with E-state index in [-0.39, 0.29) is 11.9 Å². The van der Waals surface area contributed by atoms with Crippen LogP contribution in [0, 0.1) is 0 Å². The third-order valence-electron chi connectivity index (χ3n) is 1.50. The molecule has 0 aliphatic carbocycles. The number of thiocarbonyl (C=S) groups is 1. The van der Waals surface area contributed by atoms with Gasteiger partial charge in [-0.15, -0.1) is 0 Å². The number of hydrogen-bond donors (Lipinski definition) is 2. The van der Waals surface area contributed by atoms with Crippen LogP contribution in [0.2, 0.25) is 0 Å². The molecule has 0 aromatic heterocycles. The second kappa shape index (κ2) is 5.75. The normalized spacial score (nSPS) is 11.7. The lowest BCUT2D eigenvalue weighted by molar-refractivity contribution is -0.130. The Kier molecular flexibility index (Phi) is 5.37. The van der Waals surface area contributed by atoms with Gasteiger partial charge in [0.2, 0.25) is 5.91 Å². The molecule has 0 fully saturated rings. The fourth-order valence-corrected chi connectivity index (χ4v) is 1.18. The summed E-state index contributed by atoms with van der Waals surface area (Å²) >= 11 is 4.94. The van der Waals surface area contributed by atoms with E-state index in [0.29, 0.717) is 5.11 Å². The lowest BCUT2D eigenvalue weighted by atomic mass is 10.3. The molecule has 0 radical (unpaired) electrons. The molecule has 0 saturated heterocycles. The number of likely N-dealkylation sites (N-methyl/N-ethyl adjacent to an activating group) is 1. The van der Waals surface area contributed by atoms with E-state index in [1.165, 1.54) is 4.90 Å². The van der Waals surface area contributed by atoms with Gasteiger partial charge in [-0.3, -0.25) is 4.79 Å². The van der Waals surface area contributed by atoms with Crippen LogP contribution in [0.4, 0.5) is 0 Å². The molecule has 0 aromatic carbocycles. The zero-order valence-corrected chi connectivity index (χ0v) is 9.36. The van der Waals surface area contributed by atoms with E-state index in [0.717, 1.165) is 6.54 Å². The highest BCUT2D eigenvalue weighted by atomic mass is 32.1. The minimum atomic E-state index is -0.276. The van der Waals surface area contributed by atoms with Crippen molar-refractivity contribution in [2.24, 2.45) is 0 Å². The van der Waals surface area contributed by atoms with Gasteiger partial charge in [-0.05, 0) is 26.1 Å². The molecule has 0 aliphatic rings. The van der Waals surface area contributed by atoms with Crippen LogP contribution >= 0.6 is 12.2 Å². The smallest absolute Gasteiger partial charge is 0.244 e. The number of nitrogens with zero attached hydrogens (tertiary/aromatic N) is 1. The Bertz CT molecular complexity index is 194. The van der Waals surface area contributed by atoms with E-state index < -0.39 is 0 Å². The molecule has 0 saturated carbocycles. The topological polar surface area (TPSA) is 44.4 Å². The molecule has 0 aliphatic heterocycles. The van der Waals surface area contributed by atoms with E-state index in [1.54, 1.807) is 21.0 Å². The first-order valence-electron chi connectivity index (χ1n) is 4.24. The van der Waals surface area contributed by atoms with Crippen molar-refractivity contribution < 1.29 is 4.79 Å². The van der Waals surface area contributed by atoms with E-state index >= 15 is 0 Å². The molecule has 0 heterocycles. The highest BCUT2D eigenvalue weighted by Crippen LogP contribution is 1.88. The molecule has 13 heavy (non-hydrogen) atoms. The molecular formula is C8H17N3OS. The van der Waals surface area contributed by atoms with Gasteiger partial charge in [0.25, 0.3) is 0 Å². The highest BCUT2D eigenvalue weighted by Gasteiger charge is 2.14. The molecule has 5 heteroatoms. The predicted molar refractivity (Wildman–Crippen MR) is 57.6 cm³/mol. The number of rotatable bonds is 3. The van der Waals surface area contributed by atoms with Gasteiger partial charge in [-0.2, -0.15) is 0 Å². The van der Waals surface area contributed by atoms with Gasteiger partial charge in [0.15, 0.2) is 5.11 Å². The molecule has 1 unspecified atom stereocenters. The van der Waals surface area contributed by atoms with Crippen molar-refractivity contribution in [2.75, 3.05) is 20.6 Å². The minimum Gasteiger partial charge on any atom is -0.363 e. The van der Waals surface area contributed by atoms with Gasteiger partial charge < -0.3 is 15.5 Å². The second-order valence-corrected chi connectivity index (χ2v) is 3.37. The van der Waals surface area contributed by atoms with Crippen molar-refractivity contribution in [1.82, 2.24) is 15.5 Å². The van der Waals surface area contributed by atoms with Crippen LogP contribution in [0.25, 0.3) is 0 Å². The Hall–Kier alpha value is -0.840. The average Bonchev–Trinajstić information content (AvgIpc) is 2.03. The molecule has 0 aromatic rings. The SMILES string of the molecule is CCNC(=S)NC(C)C(=O)N(C)C. The molecular weight excluding hydrogens is 186 g/mol. The predicted octanol–water partition coefficient (Wildman–Crippen LogP) is -0.0529. The summed E-state index contributed by atoms with van der Waals surface area (Å²) in [5.41, 5.74) is 0. The van der Waals surface area contributed by atoms with Crippen molar-refractivity contribution in [3.05, 3.63) is 0 Å². The Morgan fingerprint density at radius 1 is 1.54 bits per heavy atom. The number of hydrogen-bond acceptors (Lipinski definition) is 2. The van der Waals surface area contributed by atoms with Gasteiger partial charge in [-0.1, -0.05) is 0 Å². The van der Waals surface area contributed by atoms with Crippen molar-refractivity contribution in [3.63, 3.8) is 0 Å². The van der Waals surface area contributed by atoms with Crippen LogP contribution in [0.5, 0.6) is 0 Å². The fraction of sp³-hybridized carbons (Fsp3) is 0.750. The van der Waals surface area contributed by atoms with Gasteiger partial charge in [0, 0.05) is 20.6 Å². The summed E-state index contributed by atoms with van der Waals surface area (Å²) < 4.78 is 0. The maximum absolute atomic E-state index is 11.4. The third kappa shape index (κ3) is 4.67. The molecule has 1 atom stereocenters. The first-order valence-corrected chi connectivity index (χ1v) is 4.65. The summed E-state index contributed by atoms with van der Waals surface area (Å²) in [5.74, 6) is 0.0141. The Balaban J connectivity index is 3.92. The molecule has 0 spiro atoms. The van der Waals surface area contributed by atoms with Crippen molar-refractivity contribution in [1.29, 1.82) is 0 Å². The van der Waals surface area contributed by atoms with E-state index in [9.17, 15) is 4.79 Å². The number of carbonyl (C=O) groups is 1. The van der Waals surface area contributed by atoms with E-state index in [2.05, 4.69) is 10.6 Å². The zero-order chi connectivity index (χ0) is 10.4. The second-order valence-electron chi connectivity index (χ2n) is 2.96. The van der Waals surface area contributed by atoms with Gasteiger partial charge in [0.1, 0.15) is 6.04 Å². The summed E-state index contributed by atoms with van der Waals surface area (Å²) in [6, 6.07) is -0.276. The van der Waals surface area contributed by atoms with Crippen molar-refractivity contribution >= 4 is 23.2 Å². The lowest BCUT2D eigenvalue weighted by Crippen LogP contribution is -2.47. The van der Waals surface area contributed by atoms with Crippen molar-refractivity contribution in [3.8, 4) is 0 Å². The first-order chi connectivity index (χ1) is 5.99. The summed E-state index contributed by atoms with van der Waals surface area (Å²) in [6.07, 6.45) is 0. The largest absolute Gasteiger partial charge is 0.363 e. The molecule has 1 amide bonds. The molecule has 0 rings (SSSR count). The van der Waals surface area contributed by atoms with Gasteiger partial charge in [-0.25, -0.2) is 0 Å². The van der Waals surface area contributed by atoms with Crippen molar-refractivity contribution in [2.45, 2.75) is 19.9 Å². The highest BCUT2D eigenvalue weighted by molar-refractivity contribution is 7.80. The van der Waals surface area contributed by atoms with E-state index in [1.807, 2.05) is 6.92 Å². The van der Waals surface area contributed by atoms with Gasteiger partial charge in [0.05, 0.1) is 0 Å². The number of nitrogens with one attached hydrogen (secondary N) is 2. The Morgan fingerprint density at radius 2 is 2.08 bits per heavy atom. The summed E-state index contributed by atoms with van der Waals surface area (Å²) in [4.78, 5) is 12.9. The minimum absolute atomic E-state index is 0.0141. The van der Waals surface area contributed by atoms with Crippen LogP contribution in [-0.2, 0) is 4.79 Å². The third-order valence-corrected chi connectivity index (χ3v) is 1.76. The quantitative estimate of drug-likeness (QED) is 0.631. The van der Waals surface area contributed by atoms with Crippen LogP contribution in [0.1, 0.15) is 13.8 Å². The standard InChI is InChI=1S/C8H17N3OS/c1-5-9-8(13)10-6(2)7(12)11(3)4/h6H,5H2,1-4H3,(H2,9,10,13). The fourth-order valence-electron chi connectivity index (χ4n) is 0.857. The van der Waals surface area contributed by atoms with E-state index in [4.69, 9.17) is 12.2 Å². The Morgan fingerprint density at radius 3 is 2.46 bits per heavy atom. The van der Waals surface area contributed by atoms with Gasteiger partial charge >= 0.3 is 0 Å². The maximum atomic E-state index is 11.4. The van der Waals surface area contributed by atoms with Crippen LogP contribution in [-0.4, -0.2) is 42.6 Å². The van der Waals surface area contributed by atoms with Crippen LogP contribution in [0.3, 0.4) is 0 Å². The zero-order valence-electron chi connectivity index (χ0n) is 8.55. The molecule has 4 nitrogen and oxygen atoms in total. The molecule has 0 bridgehead atoms. The summed E-state index contributed by atoms with van der Waals surface area (Å²) in [7, 11) is 3.44. The first kappa shape index (κ1) is 12.2. The average molecular weight is 203 g/mol. The lowest BCUT2D eigenvalue weighted by Gasteiger charge is -2.19. The monoisotopic (exact) mass is 203 g/mol. The molecule has 76 valence electrons. The Labute approximate surface area is 84.7 Å². The van der Waals surface area contributed by atoms with Crippen LogP contribution in [0.15, 0.2) is 0 Å². The number of amides is 1. The summed E-state index contributed by atoms with van der Waals surface area (Å²) in [5, 5.41) is 6.33.